The molecule has 0 saturated heterocycles. The van der Waals surface area contributed by atoms with Gasteiger partial charge in [-0.2, -0.15) is 0 Å². The van der Waals surface area contributed by atoms with E-state index in [-0.39, 0.29) is 0 Å². The van der Waals surface area contributed by atoms with E-state index in [1.54, 1.807) is 6.26 Å². The Hall–Kier alpha value is -1.26. The lowest BCUT2D eigenvalue weighted by atomic mass is 10.1. The molecule has 1 heterocycles. The van der Waals surface area contributed by atoms with Gasteiger partial charge in [0.15, 0.2) is 0 Å². The fourth-order valence-corrected chi connectivity index (χ4v) is 2.69. The van der Waals surface area contributed by atoms with Crippen LogP contribution in [-0.2, 0) is 6.54 Å². The quantitative estimate of drug-likeness (QED) is 0.903. The smallest absolute Gasteiger partial charge is 0.123 e. The monoisotopic (exact) mass is 322 g/mol. The van der Waals surface area contributed by atoms with Crippen LogP contribution in [0.15, 0.2) is 45.5 Å². The minimum atomic E-state index is 0.348. The second kappa shape index (κ2) is 6.26. The maximum atomic E-state index is 5.38. The molecule has 1 aromatic heterocycles. The molecule has 1 aromatic carbocycles. The topological polar surface area (TPSA) is 28.4 Å². The van der Waals surface area contributed by atoms with E-state index < -0.39 is 0 Å². The number of furan rings is 1. The van der Waals surface area contributed by atoms with Crippen molar-refractivity contribution in [3.8, 4) is 0 Å². The standard InChI is InChI=1S/C15H19BrN2O/c1-11(17-2)12-6-7-15(14(16)9-12)18(3)10-13-5-4-8-19-13/h4-9,11,17H,10H2,1-3H3. The SMILES string of the molecule is CNC(C)c1ccc(N(C)Cc2ccco2)c(Br)c1. The molecule has 0 bridgehead atoms. The van der Waals surface area contributed by atoms with Crippen LogP contribution in [0.1, 0.15) is 24.3 Å². The Morgan fingerprint density at radius 2 is 2.16 bits per heavy atom. The Kier molecular flexibility index (Phi) is 4.66. The molecule has 0 saturated carbocycles. The molecular formula is C15H19BrN2O. The van der Waals surface area contributed by atoms with E-state index in [0.717, 1.165) is 22.5 Å². The molecule has 1 unspecified atom stereocenters. The Balaban J connectivity index is 2.16. The second-order valence-corrected chi connectivity index (χ2v) is 5.51. The van der Waals surface area contributed by atoms with Gasteiger partial charge < -0.3 is 14.6 Å². The number of rotatable bonds is 5. The van der Waals surface area contributed by atoms with Crippen LogP contribution in [-0.4, -0.2) is 14.1 Å². The Labute approximate surface area is 122 Å². The van der Waals surface area contributed by atoms with Gasteiger partial charge in [0.2, 0.25) is 0 Å². The average Bonchev–Trinajstić information content (AvgIpc) is 2.90. The van der Waals surface area contributed by atoms with Crippen LogP contribution < -0.4 is 10.2 Å². The normalized spacial score (nSPS) is 12.4. The molecule has 0 radical (unpaired) electrons. The van der Waals surface area contributed by atoms with E-state index in [4.69, 9.17) is 4.42 Å². The highest BCUT2D eigenvalue weighted by molar-refractivity contribution is 9.10. The number of nitrogens with one attached hydrogen (secondary N) is 1. The minimum Gasteiger partial charge on any atom is -0.467 e. The molecule has 2 aromatic rings. The minimum absolute atomic E-state index is 0.348. The molecule has 0 spiro atoms. The van der Waals surface area contributed by atoms with Crippen LogP contribution in [0.2, 0.25) is 0 Å². The van der Waals surface area contributed by atoms with E-state index in [1.165, 1.54) is 5.56 Å². The lowest BCUT2D eigenvalue weighted by Gasteiger charge is -2.21. The summed E-state index contributed by atoms with van der Waals surface area (Å²) in [6, 6.07) is 10.7. The van der Waals surface area contributed by atoms with Crippen molar-refractivity contribution in [3.05, 3.63) is 52.4 Å². The first-order chi connectivity index (χ1) is 9.11. The third kappa shape index (κ3) is 3.39. The molecule has 0 aliphatic carbocycles. The summed E-state index contributed by atoms with van der Waals surface area (Å²) in [5, 5.41) is 3.24. The first-order valence-corrected chi connectivity index (χ1v) is 7.11. The summed E-state index contributed by atoms with van der Waals surface area (Å²) in [6.45, 7) is 2.90. The Bertz CT molecular complexity index is 525. The molecule has 102 valence electrons. The van der Waals surface area contributed by atoms with Crippen LogP contribution in [0.3, 0.4) is 0 Å². The van der Waals surface area contributed by atoms with Crippen LogP contribution in [0.5, 0.6) is 0 Å². The highest BCUT2D eigenvalue weighted by atomic mass is 79.9. The van der Waals surface area contributed by atoms with E-state index in [9.17, 15) is 0 Å². The summed E-state index contributed by atoms with van der Waals surface area (Å²) in [6.07, 6.45) is 1.70. The lowest BCUT2D eigenvalue weighted by molar-refractivity contribution is 0.507. The first kappa shape index (κ1) is 14.2. The Morgan fingerprint density at radius 1 is 1.37 bits per heavy atom. The van der Waals surface area contributed by atoms with Gasteiger partial charge in [0.25, 0.3) is 0 Å². The number of anilines is 1. The predicted molar refractivity (Wildman–Crippen MR) is 82.4 cm³/mol. The number of benzene rings is 1. The molecule has 0 aliphatic rings. The van der Waals surface area contributed by atoms with Crippen LogP contribution in [0.25, 0.3) is 0 Å². The van der Waals surface area contributed by atoms with Crippen molar-refractivity contribution in [2.45, 2.75) is 19.5 Å². The van der Waals surface area contributed by atoms with Crippen molar-refractivity contribution in [3.63, 3.8) is 0 Å². The van der Waals surface area contributed by atoms with Gasteiger partial charge in [0.05, 0.1) is 18.5 Å². The molecule has 0 amide bonds. The number of halogens is 1. The number of nitrogens with zero attached hydrogens (tertiary/aromatic N) is 1. The summed E-state index contributed by atoms with van der Waals surface area (Å²) >= 11 is 3.65. The number of hydrogen-bond acceptors (Lipinski definition) is 3. The summed E-state index contributed by atoms with van der Waals surface area (Å²) in [5.41, 5.74) is 2.42. The maximum Gasteiger partial charge on any atom is 0.123 e. The first-order valence-electron chi connectivity index (χ1n) is 6.32. The van der Waals surface area contributed by atoms with Gasteiger partial charge in [-0.25, -0.2) is 0 Å². The lowest BCUT2D eigenvalue weighted by Crippen LogP contribution is -2.17. The molecule has 2 rings (SSSR count). The van der Waals surface area contributed by atoms with E-state index in [2.05, 4.69) is 58.3 Å². The highest BCUT2D eigenvalue weighted by Crippen LogP contribution is 2.29. The van der Waals surface area contributed by atoms with Gasteiger partial charge in [0.1, 0.15) is 5.76 Å². The van der Waals surface area contributed by atoms with E-state index >= 15 is 0 Å². The molecular weight excluding hydrogens is 304 g/mol. The zero-order valence-electron chi connectivity index (χ0n) is 11.5. The third-order valence-corrected chi connectivity index (χ3v) is 3.92. The molecule has 1 N–H and O–H groups in total. The summed E-state index contributed by atoms with van der Waals surface area (Å²) in [5.74, 6) is 0.960. The molecule has 1 atom stereocenters. The van der Waals surface area contributed by atoms with Crippen molar-refractivity contribution < 1.29 is 4.42 Å². The van der Waals surface area contributed by atoms with Crippen LogP contribution in [0.4, 0.5) is 5.69 Å². The molecule has 4 heteroatoms. The van der Waals surface area contributed by atoms with Gasteiger partial charge in [-0.05, 0) is 59.7 Å². The molecule has 0 aliphatic heterocycles. The van der Waals surface area contributed by atoms with Crippen LogP contribution >= 0.6 is 15.9 Å². The molecule has 0 fully saturated rings. The van der Waals surface area contributed by atoms with Crippen molar-refractivity contribution in [1.29, 1.82) is 0 Å². The maximum absolute atomic E-state index is 5.38. The Morgan fingerprint density at radius 3 is 2.74 bits per heavy atom. The van der Waals surface area contributed by atoms with Gasteiger partial charge in [-0.15, -0.1) is 0 Å². The van der Waals surface area contributed by atoms with Crippen molar-refractivity contribution in [2.24, 2.45) is 0 Å². The number of hydrogen-bond donors (Lipinski definition) is 1. The van der Waals surface area contributed by atoms with Crippen molar-refractivity contribution >= 4 is 21.6 Å². The third-order valence-electron chi connectivity index (χ3n) is 3.29. The fraction of sp³-hybridized carbons (Fsp3) is 0.333. The van der Waals surface area contributed by atoms with Gasteiger partial charge in [-0.3, -0.25) is 0 Å². The van der Waals surface area contributed by atoms with Gasteiger partial charge in [0, 0.05) is 17.6 Å². The van der Waals surface area contributed by atoms with Crippen molar-refractivity contribution in [2.75, 3.05) is 19.0 Å². The summed E-state index contributed by atoms with van der Waals surface area (Å²) in [4.78, 5) is 2.16. The molecule has 19 heavy (non-hydrogen) atoms. The van der Waals surface area contributed by atoms with E-state index in [1.807, 2.05) is 19.2 Å². The highest BCUT2D eigenvalue weighted by Gasteiger charge is 2.10. The van der Waals surface area contributed by atoms with E-state index in [0.29, 0.717) is 6.04 Å². The largest absolute Gasteiger partial charge is 0.467 e. The zero-order chi connectivity index (χ0) is 13.8. The van der Waals surface area contributed by atoms with Gasteiger partial charge >= 0.3 is 0 Å². The molecule has 3 nitrogen and oxygen atoms in total. The zero-order valence-corrected chi connectivity index (χ0v) is 13.1. The second-order valence-electron chi connectivity index (χ2n) is 4.66. The summed E-state index contributed by atoms with van der Waals surface area (Å²) < 4.78 is 6.48. The fourth-order valence-electron chi connectivity index (χ4n) is 1.99. The summed E-state index contributed by atoms with van der Waals surface area (Å²) in [7, 11) is 4.03. The van der Waals surface area contributed by atoms with Crippen LogP contribution in [0, 0.1) is 0 Å². The van der Waals surface area contributed by atoms with Gasteiger partial charge in [-0.1, -0.05) is 6.07 Å². The predicted octanol–water partition coefficient (Wildman–Crippen LogP) is 3.96. The van der Waals surface area contributed by atoms with Crippen molar-refractivity contribution in [1.82, 2.24) is 5.32 Å². The average molecular weight is 323 g/mol.